The number of pyridine rings is 1. The molecule has 0 fully saturated rings. The first-order chi connectivity index (χ1) is 4.84. The Morgan fingerprint density at radius 3 is 3.00 bits per heavy atom. The van der Waals surface area contributed by atoms with Gasteiger partial charge in [0.1, 0.15) is 0 Å². The van der Waals surface area contributed by atoms with E-state index in [1.807, 2.05) is 18.3 Å². The average molecular weight is 136 g/mol. The second kappa shape index (κ2) is 3.32. The van der Waals surface area contributed by atoms with E-state index in [0.717, 1.165) is 0 Å². The van der Waals surface area contributed by atoms with Gasteiger partial charge in [0.25, 0.3) is 0 Å². The van der Waals surface area contributed by atoms with Gasteiger partial charge in [0.2, 0.25) is 0 Å². The zero-order valence-electron chi connectivity index (χ0n) is 6.12. The third-order valence-electron chi connectivity index (χ3n) is 1.61. The van der Waals surface area contributed by atoms with Crippen LogP contribution < -0.4 is 5.73 Å². The minimum absolute atomic E-state index is 0.425. The molecule has 0 saturated carbocycles. The highest BCUT2D eigenvalue weighted by atomic mass is 14.6. The molecule has 2 nitrogen and oxygen atoms in total. The summed E-state index contributed by atoms with van der Waals surface area (Å²) >= 11 is 0. The maximum Gasteiger partial charge on any atom is 0.0303 e. The highest BCUT2D eigenvalue weighted by Crippen LogP contribution is 2.10. The van der Waals surface area contributed by atoms with Crippen LogP contribution in [-0.4, -0.2) is 11.5 Å². The molecule has 0 bridgehead atoms. The molecule has 0 aliphatic carbocycles. The number of nitrogens with zero attached hydrogens (tertiary/aromatic N) is 1. The molecule has 0 aliphatic rings. The van der Waals surface area contributed by atoms with E-state index in [0.29, 0.717) is 12.5 Å². The van der Waals surface area contributed by atoms with Crippen molar-refractivity contribution in [2.75, 3.05) is 6.54 Å². The molecule has 1 aromatic heterocycles. The number of aromatic nitrogens is 1. The molecule has 2 heteroatoms. The molecule has 1 heterocycles. The molecule has 0 amide bonds. The molecule has 2 N–H and O–H groups in total. The predicted molar refractivity (Wildman–Crippen MR) is 41.7 cm³/mol. The van der Waals surface area contributed by atoms with Crippen LogP contribution in [0.2, 0.25) is 0 Å². The van der Waals surface area contributed by atoms with Crippen LogP contribution in [-0.2, 0) is 0 Å². The molecule has 0 saturated heterocycles. The van der Waals surface area contributed by atoms with Gasteiger partial charge >= 0.3 is 0 Å². The quantitative estimate of drug-likeness (QED) is 0.662. The third kappa shape index (κ3) is 1.54. The van der Waals surface area contributed by atoms with Crippen molar-refractivity contribution in [3.63, 3.8) is 0 Å². The van der Waals surface area contributed by atoms with E-state index in [1.54, 1.807) is 6.20 Å². The Kier molecular flexibility index (Phi) is 2.40. The summed E-state index contributed by atoms with van der Waals surface area (Å²) in [6, 6.07) is 3.98. The molecule has 0 unspecified atom stereocenters. The second-order valence-electron chi connectivity index (χ2n) is 2.42. The Morgan fingerprint density at radius 1 is 1.70 bits per heavy atom. The molecular formula is C8H12N2. The van der Waals surface area contributed by atoms with Gasteiger partial charge in [-0.05, 0) is 24.1 Å². The zero-order valence-corrected chi connectivity index (χ0v) is 6.12. The minimum Gasteiger partial charge on any atom is -0.330 e. The van der Waals surface area contributed by atoms with Crippen LogP contribution >= 0.6 is 0 Å². The summed E-state index contributed by atoms with van der Waals surface area (Å²) in [6.07, 6.45) is 3.63. The summed E-state index contributed by atoms with van der Waals surface area (Å²) < 4.78 is 0. The van der Waals surface area contributed by atoms with Crippen LogP contribution in [0.1, 0.15) is 18.4 Å². The third-order valence-corrected chi connectivity index (χ3v) is 1.61. The first-order valence-corrected chi connectivity index (χ1v) is 3.44. The number of hydrogen-bond donors (Lipinski definition) is 1. The fourth-order valence-corrected chi connectivity index (χ4v) is 0.804. The Labute approximate surface area is 61.1 Å². The lowest BCUT2D eigenvalue weighted by Crippen LogP contribution is -2.08. The normalized spacial score (nSPS) is 13.0. The van der Waals surface area contributed by atoms with Crippen molar-refractivity contribution in [3.05, 3.63) is 30.1 Å². The molecular weight excluding hydrogens is 124 g/mol. The monoisotopic (exact) mass is 136 g/mol. The van der Waals surface area contributed by atoms with E-state index in [4.69, 9.17) is 5.73 Å². The lowest BCUT2D eigenvalue weighted by atomic mass is 10.0. The molecule has 1 aromatic rings. The van der Waals surface area contributed by atoms with Crippen LogP contribution in [0.5, 0.6) is 0 Å². The largest absolute Gasteiger partial charge is 0.330 e. The van der Waals surface area contributed by atoms with Gasteiger partial charge in [0, 0.05) is 12.4 Å². The maximum absolute atomic E-state index is 5.48. The molecule has 1 atom stereocenters. The van der Waals surface area contributed by atoms with Crippen molar-refractivity contribution in [1.82, 2.24) is 4.98 Å². The number of rotatable bonds is 2. The van der Waals surface area contributed by atoms with Gasteiger partial charge in [-0.25, -0.2) is 0 Å². The van der Waals surface area contributed by atoms with Gasteiger partial charge in [-0.3, -0.25) is 4.98 Å². The maximum atomic E-state index is 5.48. The van der Waals surface area contributed by atoms with Crippen molar-refractivity contribution >= 4 is 0 Å². The SMILES string of the molecule is C[C@@H](CN)c1cccnc1. The smallest absolute Gasteiger partial charge is 0.0303 e. The van der Waals surface area contributed by atoms with Gasteiger partial charge in [-0.2, -0.15) is 0 Å². The second-order valence-corrected chi connectivity index (χ2v) is 2.42. The van der Waals surface area contributed by atoms with E-state index in [2.05, 4.69) is 11.9 Å². The summed E-state index contributed by atoms with van der Waals surface area (Å²) in [5.41, 5.74) is 6.69. The highest BCUT2D eigenvalue weighted by Gasteiger charge is 2.00. The van der Waals surface area contributed by atoms with Crippen molar-refractivity contribution < 1.29 is 0 Å². The number of hydrogen-bond acceptors (Lipinski definition) is 2. The summed E-state index contributed by atoms with van der Waals surface area (Å²) in [4.78, 5) is 4.00. The predicted octanol–water partition coefficient (Wildman–Crippen LogP) is 1.14. The van der Waals surface area contributed by atoms with Gasteiger partial charge in [0.15, 0.2) is 0 Å². The molecule has 54 valence electrons. The van der Waals surface area contributed by atoms with Crippen LogP contribution in [0, 0.1) is 0 Å². The highest BCUT2D eigenvalue weighted by molar-refractivity contribution is 5.13. The minimum atomic E-state index is 0.425. The van der Waals surface area contributed by atoms with Crippen LogP contribution in [0.15, 0.2) is 24.5 Å². The fourth-order valence-electron chi connectivity index (χ4n) is 0.804. The topological polar surface area (TPSA) is 38.9 Å². The average Bonchev–Trinajstić information content (AvgIpc) is 2.05. The van der Waals surface area contributed by atoms with E-state index in [9.17, 15) is 0 Å². The van der Waals surface area contributed by atoms with Crippen LogP contribution in [0.3, 0.4) is 0 Å². The Balaban J connectivity index is 2.75. The van der Waals surface area contributed by atoms with E-state index in [1.165, 1.54) is 5.56 Å². The standard InChI is InChI=1S/C8H12N2/c1-7(5-9)8-3-2-4-10-6-8/h2-4,6-7H,5,9H2,1H3/t7-/m0/s1. The van der Waals surface area contributed by atoms with Gasteiger partial charge in [-0.15, -0.1) is 0 Å². The molecule has 0 radical (unpaired) electrons. The molecule has 0 aliphatic heterocycles. The molecule has 10 heavy (non-hydrogen) atoms. The Morgan fingerprint density at radius 2 is 2.50 bits per heavy atom. The van der Waals surface area contributed by atoms with Gasteiger partial charge in [-0.1, -0.05) is 13.0 Å². The lowest BCUT2D eigenvalue weighted by Gasteiger charge is -2.05. The molecule has 0 spiro atoms. The van der Waals surface area contributed by atoms with E-state index in [-0.39, 0.29) is 0 Å². The van der Waals surface area contributed by atoms with Crippen molar-refractivity contribution in [2.24, 2.45) is 5.73 Å². The Bertz CT molecular complexity index is 184. The van der Waals surface area contributed by atoms with E-state index < -0.39 is 0 Å². The summed E-state index contributed by atoms with van der Waals surface area (Å²) in [5, 5.41) is 0. The molecule has 1 rings (SSSR count). The van der Waals surface area contributed by atoms with Gasteiger partial charge < -0.3 is 5.73 Å². The molecule has 0 aromatic carbocycles. The summed E-state index contributed by atoms with van der Waals surface area (Å²) in [5.74, 6) is 0.425. The van der Waals surface area contributed by atoms with E-state index >= 15 is 0 Å². The number of nitrogens with two attached hydrogens (primary N) is 1. The van der Waals surface area contributed by atoms with Gasteiger partial charge in [0.05, 0.1) is 0 Å². The summed E-state index contributed by atoms with van der Waals surface area (Å²) in [6.45, 7) is 2.78. The zero-order chi connectivity index (χ0) is 7.40. The fraction of sp³-hybridized carbons (Fsp3) is 0.375. The van der Waals surface area contributed by atoms with Crippen LogP contribution in [0.4, 0.5) is 0 Å². The first-order valence-electron chi connectivity index (χ1n) is 3.44. The van der Waals surface area contributed by atoms with Crippen molar-refractivity contribution in [2.45, 2.75) is 12.8 Å². The summed E-state index contributed by atoms with van der Waals surface area (Å²) in [7, 11) is 0. The first kappa shape index (κ1) is 7.22. The van der Waals surface area contributed by atoms with Crippen LogP contribution in [0.25, 0.3) is 0 Å². The Hall–Kier alpha value is -0.890. The lowest BCUT2D eigenvalue weighted by molar-refractivity contribution is 0.769. The van der Waals surface area contributed by atoms with Crippen molar-refractivity contribution in [1.29, 1.82) is 0 Å². The van der Waals surface area contributed by atoms with Crippen molar-refractivity contribution in [3.8, 4) is 0 Å².